The molecule has 2 rings (SSSR count). The van der Waals surface area contributed by atoms with Gasteiger partial charge in [0.2, 0.25) is 5.91 Å². The minimum atomic E-state index is -0.456. The number of nitrogens with one attached hydrogen (secondary N) is 2. The first-order valence-corrected chi connectivity index (χ1v) is 6.85. The number of aryl methyl sites for hydroxylation is 1. The summed E-state index contributed by atoms with van der Waals surface area (Å²) in [7, 11) is 0. The molecule has 1 unspecified atom stereocenters. The predicted octanol–water partition coefficient (Wildman–Crippen LogP) is 3.17. The van der Waals surface area contributed by atoms with E-state index in [1.165, 1.54) is 13.0 Å². The maximum absolute atomic E-state index is 13.6. The predicted molar refractivity (Wildman–Crippen MR) is 80.6 cm³/mol. The van der Waals surface area contributed by atoms with E-state index in [1.807, 2.05) is 24.7 Å². The van der Waals surface area contributed by atoms with Gasteiger partial charge in [-0.3, -0.25) is 9.48 Å². The summed E-state index contributed by atoms with van der Waals surface area (Å²) < 4.78 is 15.4. The summed E-state index contributed by atoms with van der Waals surface area (Å²) in [4.78, 5) is 11.0. The number of carbonyl (C=O) groups is 1. The third kappa shape index (κ3) is 3.81. The second-order valence-corrected chi connectivity index (χ2v) is 4.87. The van der Waals surface area contributed by atoms with Crippen LogP contribution in [0.3, 0.4) is 0 Å². The zero-order chi connectivity index (χ0) is 15.4. The molecule has 0 aliphatic carbocycles. The number of anilines is 2. The van der Waals surface area contributed by atoms with Gasteiger partial charge in [-0.2, -0.15) is 5.10 Å². The topological polar surface area (TPSA) is 59.0 Å². The second-order valence-electron chi connectivity index (χ2n) is 4.87. The van der Waals surface area contributed by atoms with Gasteiger partial charge in [0.15, 0.2) is 0 Å². The largest absolute Gasteiger partial charge is 0.378 e. The van der Waals surface area contributed by atoms with Crippen molar-refractivity contribution in [2.24, 2.45) is 0 Å². The van der Waals surface area contributed by atoms with Gasteiger partial charge in [-0.1, -0.05) is 0 Å². The van der Waals surface area contributed by atoms with Crippen molar-refractivity contribution in [3.8, 4) is 0 Å². The van der Waals surface area contributed by atoms with Crippen LogP contribution in [0, 0.1) is 5.82 Å². The van der Waals surface area contributed by atoms with Crippen molar-refractivity contribution in [2.45, 2.75) is 33.4 Å². The van der Waals surface area contributed by atoms with Gasteiger partial charge in [0.25, 0.3) is 0 Å². The van der Waals surface area contributed by atoms with E-state index in [1.54, 1.807) is 18.3 Å². The van der Waals surface area contributed by atoms with Crippen LogP contribution in [0.1, 0.15) is 32.4 Å². The van der Waals surface area contributed by atoms with Crippen molar-refractivity contribution < 1.29 is 9.18 Å². The molecule has 0 spiro atoms. The number of aromatic nitrogens is 2. The minimum Gasteiger partial charge on any atom is -0.378 e. The molecule has 21 heavy (non-hydrogen) atoms. The molecule has 0 saturated heterocycles. The normalized spacial score (nSPS) is 12.0. The quantitative estimate of drug-likeness (QED) is 0.889. The molecule has 0 aliphatic heterocycles. The van der Waals surface area contributed by atoms with E-state index in [0.29, 0.717) is 0 Å². The van der Waals surface area contributed by atoms with Crippen LogP contribution < -0.4 is 10.6 Å². The Morgan fingerprint density at radius 2 is 2.24 bits per heavy atom. The van der Waals surface area contributed by atoms with Crippen molar-refractivity contribution in [3.63, 3.8) is 0 Å². The Bertz CT molecular complexity index is 638. The molecule has 1 amide bonds. The smallest absolute Gasteiger partial charge is 0.221 e. The van der Waals surface area contributed by atoms with Crippen molar-refractivity contribution in [1.29, 1.82) is 0 Å². The summed E-state index contributed by atoms with van der Waals surface area (Å²) in [5.74, 6) is -0.759. The van der Waals surface area contributed by atoms with Crippen LogP contribution in [0.4, 0.5) is 15.8 Å². The lowest BCUT2D eigenvalue weighted by Crippen LogP contribution is -2.10. The molecular weight excluding hydrogens is 271 g/mol. The van der Waals surface area contributed by atoms with E-state index in [9.17, 15) is 9.18 Å². The van der Waals surface area contributed by atoms with Crippen molar-refractivity contribution >= 4 is 17.3 Å². The Morgan fingerprint density at radius 1 is 1.48 bits per heavy atom. The maximum Gasteiger partial charge on any atom is 0.221 e. The lowest BCUT2D eigenvalue weighted by Gasteiger charge is -2.15. The molecule has 0 saturated carbocycles. The summed E-state index contributed by atoms with van der Waals surface area (Å²) in [6.45, 7) is 6.18. The Kier molecular flexibility index (Phi) is 4.57. The monoisotopic (exact) mass is 290 g/mol. The lowest BCUT2D eigenvalue weighted by molar-refractivity contribution is -0.114. The molecule has 5 nitrogen and oxygen atoms in total. The number of halogens is 1. The van der Waals surface area contributed by atoms with Crippen LogP contribution in [0.15, 0.2) is 30.6 Å². The SMILES string of the molecule is CCn1cc(C(C)Nc2ccc(F)c(NC(C)=O)c2)cn1. The number of hydrogen-bond donors (Lipinski definition) is 2. The number of amides is 1. The Morgan fingerprint density at radius 3 is 2.86 bits per heavy atom. The van der Waals surface area contributed by atoms with Gasteiger partial charge in [-0.25, -0.2) is 4.39 Å². The maximum atomic E-state index is 13.6. The minimum absolute atomic E-state index is 0.0286. The fourth-order valence-corrected chi connectivity index (χ4v) is 2.01. The van der Waals surface area contributed by atoms with E-state index >= 15 is 0 Å². The number of carbonyl (C=O) groups excluding carboxylic acids is 1. The molecule has 0 aliphatic rings. The highest BCUT2D eigenvalue weighted by Gasteiger charge is 2.10. The van der Waals surface area contributed by atoms with Gasteiger partial charge in [0, 0.05) is 30.9 Å². The Balaban J connectivity index is 2.13. The van der Waals surface area contributed by atoms with Crippen LogP contribution in [0.2, 0.25) is 0 Å². The Hall–Kier alpha value is -2.37. The van der Waals surface area contributed by atoms with Gasteiger partial charge >= 0.3 is 0 Å². The Labute approximate surface area is 123 Å². The van der Waals surface area contributed by atoms with Crippen LogP contribution >= 0.6 is 0 Å². The van der Waals surface area contributed by atoms with E-state index in [2.05, 4.69) is 15.7 Å². The third-order valence-electron chi connectivity index (χ3n) is 3.14. The first-order valence-electron chi connectivity index (χ1n) is 6.85. The molecule has 1 aromatic heterocycles. The zero-order valence-corrected chi connectivity index (χ0v) is 12.4. The lowest BCUT2D eigenvalue weighted by atomic mass is 10.1. The van der Waals surface area contributed by atoms with Gasteiger partial charge in [-0.15, -0.1) is 0 Å². The fraction of sp³-hybridized carbons (Fsp3) is 0.333. The van der Waals surface area contributed by atoms with Crippen molar-refractivity contribution in [1.82, 2.24) is 9.78 Å². The first kappa shape index (κ1) is 15.0. The van der Waals surface area contributed by atoms with E-state index in [4.69, 9.17) is 0 Å². The molecular formula is C15H19FN4O. The van der Waals surface area contributed by atoms with Gasteiger partial charge in [0.1, 0.15) is 5.82 Å². The molecule has 1 heterocycles. The number of hydrogen-bond acceptors (Lipinski definition) is 3. The molecule has 1 atom stereocenters. The van der Waals surface area contributed by atoms with E-state index < -0.39 is 5.82 Å². The third-order valence-corrected chi connectivity index (χ3v) is 3.14. The summed E-state index contributed by atoms with van der Waals surface area (Å²) in [5.41, 5.74) is 1.95. The number of benzene rings is 1. The van der Waals surface area contributed by atoms with Crippen molar-refractivity contribution in [3.05, 3.63) is 42.0 Å². The summed E-state index contributed by atoms with van der Waals surface area (Å²) in [6, 6.07) is 4.58. The average Bonchev–Trinajstić information content (AvgIpc) is 2.91. The number of nitrogens with zero attached hydrogens (tertiary/aromatic N) is 2. The highest BCUT2D eigenvalue weighted by molar-refractivity contribution is 5.89. The van der Waals surface area contributed by atoms with Gasteiger partial charge < -0.3 is 10.6 Å². The molecule has 0 bridgehead atoms. The van der Waals surface area contributed by atoms with Crippen LogP contribution in [-0.2, 0) is 11.3 Å². The summed E-state index contributed by atoms with van der Waals surface area (Å²) in [5, 5.41) is 9.96. The van der Waals surface area contributed by atoms with E-state index in [-0.39, 0.29) is 17.6 Å². The van der Waals surface area contributed by atoms with Crippen molar-refractivity contribution in [2.75, 3.05) is 10.6 Å². The highest BCUT2D eigenvalue weighted by atomic mass is 19.1. The zero-order valence-electron chi connectivity index (χ0n) is 12.4. The molecule has 1 aromatic carbocycles. The molecule has 6 heteroatoms. The molecule has 0 radical (unpaired) electrons. The highest BCUT2D eigenvalue weighted by Crippen LogP contribution is 2.23. The van der Waals surface area contributed by atoms with Crippen LogP contribution in [0.25, 0.3) is 0 Å². The fourth-order valence-electron chi connectivity index (χ4n) is 2.01. The van der Waals surface area contributed by atoms with E-state index in [0.717, 1.165) is 17.8 Å². The first-order chi connectivity index (χ1) is 9.99. The molecule has 0 fully saturated rings. The average molecular weight is 290 g/mol. The number of rotatable bonds is 5. The second kappa shape index (κ2) is 6.39. The van der Waals surface area contributed by atoms with Crippen LogP contribution in [0.5, 0.6) is 0 Å². The summed E-state index contributed by atoms with van der Waals surface area (Å²) in [6.07, 6.45) is 3.77. The summed E-state index contributed by atoms with van der Waals surface area (Å²) >= 11 is 0. The molecule has 112 valence electrons. The molecule has 2 aromatic rings. The molecule has 2 N–H and O–H groups in total. The van der Waals surface area contributed by atoms with Crippen LogP contribution in [-0.4, -0.2) is 15.7 Å². The van der Waals surface area contributed by atoms with Gasteiger partial charge in [-0.05, 0) is 32.0 Å². The standard InChI is InChI=1S/C15H19FN4O/c1-4-20-9-12(8-17-20)10(2)18-13-5-6-14(16)15(7-13)19-11(3)21/h5-10,18H,4H2,1-3H3,(H,19,21). The van der Waals surface area contributed by atoms with Gasteiger partial charge in [0.05, 0.1) is 17.9 Å².